The Kier molecular flexibility index (Phi) is 9.71. The van der Waals surface area contributed by atoms with Crippen LogP contribution in [0.2, 0.25) is 0 Å². The van der Waals surface area contributed by atoms with Crippen LogP contribution in [0.5, 0.6) is 0 Å². The van der Waals surface area contributed by atoms with Gasteiger partial charge in [0.15, 0.2) is 46.5 Å². The maximum Gasteiger partial charge on any atom is 0.420 e. The lowest BCUT2D eigenvalue weighted by molar-refractivity contribution is -0.140. The monoisotopic (exact) mass is 743 g/mol. The van der Waals surface area contributed by atoms with Crippen LogP contribution in [-0.2, 0) is 6.18 Å². The molecule has 0 radical (unpaired) electrons. The van der Waals surface area contributed by atoms with Gasteiger partial charge in [0.05, 0.1) is 27.8 Å². The van der Waals surface area contributed by atoms with Gasteiger partial charge in [0, 0.05) is 22.3 Å². The van der Waals surface area contributed by atoms with Crippen molar-refractivity contribution in [3.05, 3.63) is 119 Å². The highest BCUT2D eigenvalue weighted by Crippen LogP contribution is 2.58. The van der Waals surface area contributed by atoms with Gasteiger partial charge >= 0.3 is 6.18 Å². The normalized spacial score (nSPS) is 14.3. The standard InChI is InChI=1S/C34F11N9/c35-26-10(1-46)13(4-49)29(38)25(34(43,44)45)22(26)16(7-52)19-20(17(8-53)23-27(36)11(2-47)14(5-50)30(39)32(23)41)21(19)18(9-54)24-28(37)12(3-48)15(6-51)31(40)33(24)42/b19-16?,20-17-,21-18+. The van der Waals surface area contributed by atoms with Crippen LogP contribution in [0.4, 0.5) is 48.3 Å². The van der Waals surface area contributed by atoms with Crippen molar-refractivity contribution in [1.82, 2.24) is 0 Å². The van der Waals surface area contributed by atoms with Crippen LogP contribution >= 0.6 is 0 Å². The van der Waals surface area contributed by atoms with E-state index in [1.54, 1.807) is 0 Å². The van der Waals surface area contributed by atoms with Gasteiger partial charge in [0.25, 0.3) is 0 Å². The van der Waals surface area contributed by atoms with Crippen LogP contribution in [0, 0.1) is 149 Å². The molecule has 0 saturated heterocycles. The molecular weight excluding hydrogens is 743 g/mol. The van der Waals surface area contributed by atoms with Crippen molar-refractivity contribution >= 4 is 16.7 Å². The number of hydrogen-bond acceptors (Lipinski definition) is 9. The SMILES string of the molecule is N#CC(=C1C(=C(/C#N)c2c(F)c(F)c(C#N)c(C#N)c2F)/C1=C(/C#N)c1c(F)c(F)c(C#N)c(C#N)c1F)c1c(F)c(C#N)c(C#N)c(F)c1C(F)(F)F. The molecule has 0 bridgehead atoms. The fraction of sp³-hybridized carbons (Fsp3) is 0.0294. The Labute approximate surface area is 292 Å². The second-order valence-electron chi connectivity index (χ2n) is 10.0. The second kappa shape index (κ2) is 13.7. The highest BCUT2D eigenvalue weighted by molar-refractivity contribution is 6.12. The molecule has 3 aromatic rings. The van der Waals surface area contributed by atoms with E-state index in [-0.39, 0.29) is 0 Å². The van der Waals surface area contributed by atoms with Crippen LogP contribution in [0.15, 0.2) is 16.7 Å². The average molecular weight is 743 g/mol. The summed E-state index contributed by atoms with van der Waals surface area (Å²) >= 11 is 0. The smallest absolute Gasteiger partial charge is 0.205 e. The summed E-state index contributed by atoms with van der Waals surface area (Å²) in [7, 11) is 0. The minimum absolute atomic E-state index is 0.811. The van der Waals surface area contributed by atoms with Gasteiger partial charge in [-0.2, -0.15) is 60.5 Å². The van der Waals surface area contributed by atoms with Crippen molar-refractivity contribution in [2.75, 3.05) is 0 Å². The third-order valence-electron chi connectivity index (χ3n) is 7.50. The Morgan fingerprint density at radius 2 is 0.574 bits per heavy atom. The Bertz CT molecular complexity index is 2710. The van der Waals surface area contributed by atoms with E-state index in [1.807, 2.05) is 0 Å². The summed E-state index contributed by atoms with van der Waals surface area (Å²) in [5, 5.41) is 85.6. The van der Waals surface area contributed by atoms with Crippen molar-refractivity contribution in [2.45, 2.75) is 6.18 Å². The van der Waals surface area contributed by atoms with E-state index < -0.39 is 142 Å². The molecule has 258 valence electrons. The Balaban J connectivity index is 2.50. The van der Waals surface area contributed by atoms with Gasteiger partial charge in [-0.05, 0) is 0 Å². The van der Waals surface area contributed by atoms with E-state index >= 15 is 26.3 Å². The maximum atomic E-state index is 15.8. The van der Waals surface area contributed by atoms with Crippen molar-refractivity contribution in [1.29, 1.82) is 47.4 Å². The maximum absolute atomic E-state index is 15.8. The second-order valence-corrected chi connectivity index (χ2v) is 10.0. The summed E-state index contributed by atoms with van der Waals surface area (Å²) in [6.07, 6.45) is -6.10. The molecular formula is C34F11N9. The molecule has 1 aliphatic carbocycles. The van der Waals surface area contributed by atoms with Gasteiger partial charge < -0.3 is 0 Å². The summed E-state index contributed by atoms with van der Waals surface area (Å²) in [6.45, 7) is 0. The number of allylic oxidation sites excluding steroid dienone is 6. The van der Waals surface area contributed by atoms with Gasteiger partial charge in [-0.3, -0.25) is 0 Å². The molecule has 0 amide bonds. The number of nitriles is 9. The third-order valence-corrected chi connectivity index (χ3v) is 7.50. The van der Waals surface area contributed by atoms with Crippen LogP contribution < -0.4 is 0 Å². The zero-order valence-corrected chi connectivity index (χ0v) is 25.2. The Hall–Kier alpha value is -8.48. The van der Waals surface area contributed by atoms with E-state index in [2.05, 4.69) is 0 Å². The van der Waals surface area contributed by atoms with Crippen molar-refractivity contribution < 1.29 is 48.3 Å². The molecule has 4 rings (SSSR count). The largest absolute Gasteiger partial charge is 0.420 e. The molecule has 0 atom stereocenters. The van der Waals surface area contributed by atoms with E-state index in [4.69, 9.17) is 10.5 Å². The van der Waals surface area contributed by atoms with Gasteiger partial charge in [-0.25, -0.2) is 35.1 Å². The molecule has 9 nitrogen and oxygen atoms in total. The fourth-order valence-corrected chi connectivity index (χ4v) is 5.23. The van der Waals surface area contributed by atoms with E-state index in [0.717, 1.165) is 54.6 Å². The lowest BCUT2D eigenvalue weighted by Gasteiger charge is -2.16. The van der Waals surface area contributed by atoms with Crippen molar-refractivity contribution in [2.24, 2.45) is 0 Å². The Morgan fingerprint density at radius 3 is 0.833 bits per heavy atom. The number of alkyl halides is 3. The minimum atomic E-state index is -6.10. The first-order valence-corrected chi connectivity index (χ1v) is 13.3. The first-order chi connectivity index (χ1) is 25.4. The fourth-order valence-electron chi connectivity index (χ4n) is 5.23. The summed E-state index contributed by atoms with van der Waals surface area (Å²) in [6, 6.07) is 8.46. The minimum Gasteiger partial charge on any atom is -0.205 e. The molecule has 1 aliphatic rings. The van der Waals surface area contributed by atoms with E-state index in [1.165, 1.54) is 0 Å². The third kappa shape index (κ3) is 5.33. The quantitative estimate of drug-likeness (QED) is 0.149. The number of benzene rings is 3. The highest BCUT2D eigenvalue weighted by Gasteiger charge is 2.49. The first kappa shape index (κ1) is 38.3. The number of halogens is 11. The molecule has 0 spiro atoms. The summed E-state index contributed by atoms with van der Waals surface area (Å²) < 4.78 is 166. The molecule has 0 heterocycles. The number of hydrogen-bond donors (Lipinski definition) is 0. The van der Waals surface area contributed by atoms with Gasteiger partial charge in [0.1, 0.15) is 93.6 Å². The lowest BCUT2D eigenvalue weighted by Crippen LogP contribution is -2.17. The molecule has 1 fully saturated rings. The zero-order valence-electron chi connectivity index (χ0n) is 25.2. The van der Waals surface area contributed by atoms with Crippen LogP contribution in [0.1, 0.15) is 55.6 Å². The van der Waals surface area contributed by atoms with Crippen LogP contribution in [0.25, 0.3) is 16.7 Å². The molecule has 0 N–H and O–H groups in total. The van der Waals surface area contributed by atoms with Gasteiger partial charge in [0.2, 0.25) is 0 Å². The molecule has 54 heavy (non-hydrogen) atoms. The molecule has 0 aliphatic heterocycles. The van der Waals surface area contributed by atoms with Crippen LogP contribution in [-0.4, -0.2) is 0 Å². The van der Waals surface area contributed by atoms with Gasteiger partial charge in [-0.15, -0.1) is 0 Å². The molecule has 20 heteroatoms. The summed E-state index contributed by atoms with van der Waals surface area (Å²) in [5.74, 6) is -19.4. The highest BCUT2D eigenvalue weighted by atomic mass is 19.4. The summed E-state index contributed by atoms with van der Waals surface area (Å²) in [5.41, 5.74) is -29.1. The van der Waals surface area contributed by atoms with Crippen molar-refractivity contribution in [3.63, 3.8) is 0 Å². The lowest BCUT2D eigenvalue weighted by atomic mass is 9.91. The predicted octanol–water partition coefficient (Wildman–Crippen LogP) is 7.29. The molecule has 0 unspecified atom stereocenters. The number of nitrogens with zero attached hydrogens (tertiary/aromatic N) is 9. The Morgan fingerprint density at radius 1 is 0.333 bits per heavy atom. The van der Waals surface area contributed by atoms with Gasteiger partial charge in [-0.1, -0.05) is 0 Å². The average Bonchev–Trinajstić information content (AvgIpc) is 3.85. The van der Waals surface area contributed by atoms with Crippen molar-refractivity contribution in [3.8, 4) is 54.6 Å². The molecule has 3 aromatic carbocycles. The zero-order chi connectivity index (χ0) is 40.7. The van der Waals surface area contributed by atoms with E-state index in [9.17, 15) is 58.8 Å². The van der Waals surface area contributed by atoms with E-state index in [0.29, 0.717) is 0 Å². The number of rotatable bonds is 3. The molecule has 1 saturated carbocycles. The summed E-state index contributed by atoms with van der Waals surface area (Å²) in [4.78, 5) is 0. The van der Waals surface area contributed by atoms with Crippen LogP contribution in [0.3, 0.4) is 0 Å². The predicted molar refractivity (Wildman–Crippen MR) is 150 cm³/mol. The topological polar surface area (TPSA) is 214 Å². The molecule has 0 aromatic heterocycles. The first-order valence-electron chi connectivity index (χ1n) is 13.3.